The van der Waals surface area contributed by atoms with Gasteiger partial charge in [-0.1, -0.05) is 49.2 Å². The van der Waals surface area contributed by atoms with Gasteiger partial charge in [0.05, 0.1) is 12.7 Å². The summed E-state index contributed by atoms with van der Waals surface area (Å²) in [5, 5.41) is 32.1. The molecule has 0 unspecified atom stereocenters. The van der Waals surface area contributed by atoms with Crippen LogP contribution in [-0.4, -0.2) is 47.5 Å². The SMILES string of the molecule is OCc1cc([C@@H](O)CNCCCCCCOCC(F)(F)CCc2ccccc2)ccc1O. The highest BCUT2D eigenvalue weighted by Gasteiger charge is 2.28. The average Bonchev–Trinajstić information content (AvgIpc) is 2.80. The summed E-state index contributed by atoms with van der Waals surface area (Å²) in [5.41, 5.74) is 1.93. The summed E-state index contributed by atoms with van der Waals surface area (Å²) in [7, 11) is 0. The highest BCUT2D eigenvalue weighted by molar-refractivity contribution is 5.36. The monoisotopic (exact) mass is 451 g/mol. The molecule has 0 spiro atoms. The molecule has 0 aliphatic carbocycles. The number of benzene rings is 2. The minimum absolute atomic E-state index is 0.0105. The second-order valence-corrected chi connectivity index (χ2v) is 8.07. The number of aliphatic hydroxyl groups is 2. The molecular formula is C25H35F2NO4. The molecular weight excluding hydrogens is 416 g/mol. The van der Waals surface area contributed by atoms with Crippen molar-refractivity contribution in [2.45, 2.75) is 57.2 Å². The first-order valence-corrected chi connectivity index (χ1v) is 11.2. The maximum Gasteiger partial charge on any atom is 0.271 e. The van der Waals surface area contributed by atoms with Gasteiger partial charge in [-0.15, -0.1) is 0 Å². The minimum atomic E-state index is -2.81. The van der Waals surface area contributed by atoms with E-state index in [1.807, 2.05) is 30.3 Å². The van der Waals surface area contributed by atoms with Gasteiger partial charge in [-0.3, -0.25) is 0 Å². The predicted molar refractivity (Wildman–Crippen MR) is 121 cm³/mol. The van der Waals surface area contributed by atoms with Crippen LogP contribution in [0.2, 0.25) is 0 Å². The van der Waals surface area contributed by atoms with E-state index >= 15 is 0 Å². The van der Waals surface area contributed by atoms with Gasteiger partial charge in [0.25, 0.3) is 5.92 Å². The van der Waals surface area contributed by atoms with Crippen molar-refractivity contribution in [3.05, 3.63) is 65.2 Å². The molecule has 2 aromatic rings. The summed E-state index contributed by atoms with van der Waals surface area (Å²) in [5.74, 6) is -2.80. The normalized spacial score (nSPS) is 12.8. The molecule has 2 aromatic carbocycles. The molecule has 1 atom stereocenters. The third kappa shape index (κ3) is 10.0. The van der Waals surface area contributed by atoms with E-state index in [0.29, 0.717) is 30.7 Å². The van der Waals surface area contributed by atoms with E-state index in [-0.39, 0.29) is 18.8 Å². The lowest BCUT2D eigenvalue weighted by Gasteiger charge is -2.16. The van der Waals surface area contributed by atoms with Crippen molar-refractivity contribution in [2.75, 3.05) is 26.3 Å². The molecule has 0 amide bonds. The van der Waals surface area contributed by atoms with Crippen LogP contribution in [0.1, 0.15) is 54.9 Å². The van der Waals surface area contributed by atoms with E-state index in [2.05, 4.69) is 5.32 Å². The number of unbranched alkanes of at least 4 members (excludes halogenated alkanes) is 3. The van der Waals surface area contributed by atoms with Gasteiger partial charge in [-0.2, -0.15) is 0 Å². The Hall–Kier alpha value is -2.06. The Bertz CT molecular complexity index is 774. The molecule has 0 fully saturated rings. The van der Waals surface area contributed by atoms with Crippen LogP contribution in [0.15, 0.2) is 48.5 Å². The Morgan fingerprint density at radius 1 is 1.00 bits per heavy atom. The molecule has 32 heavy (non-hydrogen) atoms. The van der Waals surface area contributed by atoms with E-state index < -0.39 is 18.6 Å². The molecule has 5 nitrogen and oxygen atoms in total. The van der Waals surface area contributed by atoms with Crippen LogP contribution in [0.5, 0.6) is 5.75 Å². The number of aryl methyl sites for hydroxylation is 1. The van der Waals surface area contributed by atoms with Crippen LogP contribution < -0.4 is 5.32 Å². The van der Waals surface area contributed by atoms with Crippen molar-refractivity contribution in [2.24, 2.45) is 0 Å². The zero-order valence-corrected chi connectivity index (χ0v) is 18.5. The molecule has 7 heteroatoms. The molecule has 0 bridgehead atoms. The molecule has 0 saturated heterocycles. The Morgan fingerprint density at radius 2 is 1.75 bits per heavy atom. The third-order valence-corrected chi connectivity index (χ3v) is 5.32. The second kappa shape index (κ2) is 14.2. The van der Waals surface area contributed by atoms with Crippen molar-refractivity contribution in [1.29, 1.82) is 0 Å². The van der Waals surface area contributed by atoms with E-state index in [1.165, 1.54) is 6.07 Å². The van der Waals surface area contributed by atoms with E-state index in [1.54, 1.807) is 12.1 Å². The predicted octanol–water partition coefficient (Wildman–Crippen LogP) is 4.35. The number of alkyl halides is 2. The zero-order valence-electron chi connectivity index (χ0n) is 18.5. The Labute approximate surface area is 189 Å². The molecule has 0 aliphatic heterocycles. The number of aliphatic hydroxyl groups excluding tert-OH is 2. The molecule has 0 radical (unpaired) electrons. The fraction of sp³-hybridized carbons (Fsp3) is 0.520. The molecule has 178 valence electrons. The van der Waals surface area contributed by atoms with Crippen molar-refractivity contribution >= 4 is 0 Å². The van der Waals surface area contributed by atoms with Crippen LogP contribution >= 0.6 is 0 Å². The summed E-state index contributed by atoms with van der Waals surface area (Å²) in [6, 6.07) is 14.0. The number of hydrogen-bond acceptors (Lipinski definition) is 5. The maximum absolute atomic E-state index is 13.9. The van der Waals surface area contributed by atoms with Crippen molar-refractivity contribution in [1.82, 2.24) is 5.32 Å². The first-order valence-electron chi connectivity index (χ1n) is 11.2. The lowest BCUT2D eigenvalue weighted by molar-refractivity contribution is -0.0822. The number of rotatable bonds is 16. The summed E-state index contributed by atoms with van der Waals surface area (Å²) in [6.07, 6.45) is 2.92. The maximum atomic E-state index is 13.9. The van der Waals surface area contributed by atoms with Crippen molar-refractivity contribution in [3.8, 4) is 5.75 Å². The van der Waals surface area contributed by atoms with E-state index in [4.69, 9.17) is 4.74 Å². The molecule has 2 rings (SSSR count). The van der Waals surface area contributed by atoms with Gasteiger partial charge in [0.2, 0.25) is 0 Å². The first-order chi connectivity index (χ1) is 15.4. The van der Waals surface area contributed by atoms with Gasteiger partial charge in [0.15, 0.2) is 0 Å². The quantitative estimate of drug-likeness (QED) is 0.285. The number of nitrogens with one attached hydrogen (secondary N) is 1. The minimum Gasteiger partial charge on any atom is -0.508 e. The van der Waals surface area contributed by atoms with Gasteiger partial charge in [-0.05, 0) is 49.1 Å². The molecule has 0 aliphatic rings. The highest BCUT2D eigenvalue weighted by atomic mass is 19.3. The third-order valence-electron chi connectivity index (χ3n) is 5.32. The van der Waals surface area contributed by atoms with Crippen molar-refractivity contribution in [3.63, 3.8) is 0 Å². The number of aromatic hydroxyl groups is 1. The van der Waals surface area contributed by atoms with Crippen molar-refractivity contribution < 1.29 is 28.8 Å². The van der Waals surface area contributed by atoms with Gasteiger partial charge in [0, 0.05) is 25.1 Å². The van der Waals surface area contributed by atoms with Crippen LogP contribution in [0.4, 0.5) is 8.78 Å². The fourth-order valence-electron chi connectivity index (χ4n) is 3.37. The number of ether oxygens (including phenoxy) is 1. The number of hydrogen-bond donors (Lipinski definition) is 4. The van der Waals surface area contributed by atoms with Crippen LogP contribution in [0.3, 0.4) is 0 Å². The standard InChI is InChI=1S/C25H35F2NO4/c26-25(27,13-12-20-8-4-3-5-9-20)19-32-15-7-2-1-6-14-28-17-24(31)21-10-11-23(30)22(16-21)18-29/h3-5,8-11,16,24,28-31H,1-2,6-7,12-15,17-19H2/t24-/m0/s1. The summed E-state index contributed by atoms with van der Waals surface area (Å²) in [4.78, 5) is 0. The van der Waals surface area contributed by atoms with Crippen LogP contribution in [0, 0.1) is 0 Å². The fourth-order valence-corrected chi connectivity index (χ4v) is 3.37. The lowest BCUT2D eigenvalue weighted by Crippen LogP contribution is -2.24. The van der Waals surface area contributed by atoms with Crippen LogP contribution in [-0.2, 0) is 17.8 Å². The molecule has 0 saturated carbocycles. The van der Waals surface area contributed by atoms with E-state index in [9.17, 15) is 24.1 Å². The highest BCUT2D eigenvalue weighted by Crippen LogP contribution is 2.23. The summed E-state index contributed by atoms with van der Waals surface area (Å²) in [6.45, 7) is 0.627. The van der Waals surface area contributed by atoms with Gasteiger partial charge in [-0.25, -0.2) is 8.78 Å². The summed E-state index contributed by atoms with van der Waals surface area (Å²) >= 11 is 0. The van der Waals surface area contributed by atoms with Gasteiger partial charge >= 0.3 is 0 Å². The summed E-state index contributed by atoms with van der Waals surface area (Å²) < 4.78 is 33.0. The smallest absolute Gasteiger partial charge is 0.271 e. The van der Waals surface area contributed by atoms with E-state index in [0.717, 1.165) is 37.8 Å². The second-order valence-electron chi connectivity index (χ2n) is 8.07. The average molecular weight is 452 g/mol. The van der Waals surface area contributed by atoms with Crippen LogP contribution in [0.25, 0.3) is 0 Å². The number of halogens is 2. The molecule has 0 heterocycles. The Morgan fingerprint density at radius 3 is 2.50 bits per heavy atom. The Kier molecular flexibility index (Phi) is 11.6. The first kappa shape index (κ1) is 26.2. The largest absolute Gasteiger partial charge is 0.508 e. The lowest BCUT2D eigenvalue weighted by atomic mass is 10.1. The zero-order chi connectivity index (χ0) is 23.2. The topological polar surface area (TPSA) is 82.0 Å². The molecule has 4 N–H and O–H groups in total. The van der Waals surface area contributed by atoms with Gasteiger partial charge in [0.1, 0.15) is 12.4 Å². The number of phenols is 1. The van der Waals surface area contributed by atoms with Gasteiger partial charge < -0.3 is 25.4 Å². The molecule has 0 aromatic heterocycles. The Balaban J connectivity index is 1.46.